The Labute approximate surface area is 146 Å². The lowest BCUT2D eigenvalue weighted by Crippen LogP contribution is -2.34. The van der Waals surface area contributed by atoms with Gasteiger partial charge in [-0.25, -0.2) is 0 Å². The van der Waals surface area contributed by atoms with Crippen molar-refractivity contribution in [1.29, 1.82) is 0 Å². The number of rotatable bonds is 6. The number of benzene rings is 2. The fourth-order valence-corrected chi connectivity index (χ4v) is 2.99. The second kappa shape index (κ2) is 6.73. The molecule has 3 rings (SSSR count). The Bertz CT molecular complexity index is 717. The van der Waals surface area contributed by atoms with Gasteiger partial charge >= 0.3 is 0 Å². The smallest absolute Gasteiger partial charge is 0.230 e. The third-order valence-corrected chi connectivity index (χ3v) is 4.70. The van der Waals surface area contributed by atoms with Crippen LogP contribution in [0.4, 0.5) is 0 Å². The van der Waals surface area contributed by atoms with Gasteiger partial charge in [0.1, 0.15) is 11.5 Å². The summed E-state index contributed by atoms with van der Waals surface area (Å²) >= 11 is 5.94. The van der Waals surface area contributed by atoms with E-state index >= 15 is 0 Å². The van der Waals surface area contributed by atoms with E-state index in [4.69, 9.17) is 21.1 Å². The van der Waals surface area contributed by atoms with Crippen LogP contribution in [0.3, 0.4) is 0 Å². The summed E-state index contributed by atoms with van der Waals surface area (Å²) in [7, 11) is 3.22. The lowest BCUT2D eigenvalue weighted by molar-refractivity contribution is -0.123. The highest BCUT2D eigenvalue weighted by atomic mass is 35.5. The summed E-state index contributed by atoms with van der Waals surface area (Å²) in [6.45, 7) is 0.432. The molecule has 0 saturated heterocycles. The highest BCUT2D eigenvalue weighted by molar-refractivity contribution is 6.30. The minimum atomic E-state index is -0.409. The summed E-state index contributed by atoms with van der Waals surface area (Å²) in [6.07, 6.45) is 1.73. The van der Waals surface area contributed by atoms with Gasteiger partial charge in [-0.3, -0.25) is 4.79 Å². The van der Waals surface area contributed by atoms with Crippen LogP contribution in [0.25, 0.3) is 0 Å². The Kier molecular flexibility index (Phi) is 4.67. The fourth-order valence-electron chi connectivity index (χ4n) is 2.86. The molecule has 1 amide bonds. The maximum atomic E-state index is 12.7. The quantitative estimate of drug-likeness (QED) is 0.868. The Hall–Kier alpha value is -2.20. The van der Waals surface area contributed by atoms with Crippen LogP contribution in [0.1, 0.15) is 24.0 Å². The monoisotopic (exact) mass is 345 g/mol. The van der Waals surface area contributed by atoms with E-state index < -0.39 is 5.41 Å². The SMILES string of the molecule is COc1cc(CNC(=O)C2(c3ccc(Cl)cc3)CC2)cc(OC)c1. The number of carbonyl (C=O) groups is 1. The minimum absolute atomic E-state index is 0.0478. The van der Waals surface area contributed by atoms with Gasteiger partial charge in [0.15, 0.2) is 0 Å². The Morgan fingerprint density at radius 2 is 1.67 bits per heavy atom. The molecule has 0 radical (unpaired) electrons. The van der Waals surface area contributed by atoms with Gasteiger partial charge < -0.3 is 14.8 Å². The molecule has 0 aromatic heterocycles. The zero-order valence-corrected chi connectivity index (χ0v) is 14.5. The molecule has 1 aliphatic carbocycles. The van der Waals surface area contributed by atoms with Crippen LogP contribution in [0.15, 0.2) is 42.5 Å². The highest BCUT2D eigenvalue weighted by Gasteiger charge is 2.51. The second-order valence-corrected chi connectivity index (χ2v) is 6.43. The summed E-state index contributed by atoms with van der Waals surface area (Å²) in [6, 6.07) is 13.1. The second-order valence-electron chi connectivity index (χ2n) is 5.99. The molecule has 0 aliphatic heterocycles. The molecule has 0 bridgehead atoms. The van der Waals surface area contributed by atoms with Crippen LogP contribution in [0.2, 0.25) is 5.02 Å². The van der Waals surface area contributed by atoms with E-state index in [9.17, 15) is 4.79 Å². The highest BCUT2D eigenvalue weighted by Crippen LogP contribution is 2.48. The van der Waals surface area contributed by atoms with E-state index in [1.54, 1.807) is 20.3 Å². The lowest BCUT2D eigenvalue weighted by atomic mass is 9.95. The largest absolute Gasteiger partial charge is 0.497 e. The van der Waals surface area contributed by atoms with Crippen molar-refractivity contribution < 1.29 is 14.3 Å². The van der Waals surface area contributed by atoms with Crippen LogP contribution >= 0.6 is 11.6 Å². The number of hydrogen-bond donors (Lipinski definition) is 1. The Balaban J connectivity index is 1.71. The topological polar surface area (TPSA) is 47.6 Å². The summed E-state index contributed by atoms with van der Waals surface area (Å²) < 4.78 is 10.5. The van der Waals surface area contributed by atoms with Crippen molar-refractivity contribution in [2.75, 3.05) is 14.2 Å². The molecule has 1 fully saturated rings. The molecule has 126 valence electrons. The number of nitrogens with one attached hydrogen (secondary N) is 1. The predicted molar refractivity (Wildman–Crippen MR) is 93.8 cm³/mol. The van der Waals surface area contributed by atoms with Gasteiger partial charge in [0.25, 0.3) is 0 Å². The fraction of sp³-hybridized carbons (Fsp3) is 0.316. The Morgan fingerprint density at radius 1 is 1.08 bits per heavy atom. The third-order valence-electron chi connectivity index (χ3n) is 4.45. The van der Waals surface area contributed by atoms with Crippen molar-refractivity contribution in [1.82, 2.24) is 5.32 Å². The molecule has 0 unspecified atom stereocenters. The molecule has 1 saturated carbocycles. The average molecular weight is 346 g/mol. The van der Waals surface area contributed by atoms with Crippen molar-refractivity contribution in [3.8, 4) is 11.5 Å². The molecule has 5 heteroatoms. The summed E-state index contributed by atoms with van der Waals surface area (Å²) in [5.41, 5.74) is 1.55. The minimum Gasteiger partial charge on any atom is -0.497 e. The van der Waals surface area contributed by atoms with E-state index in [1.807, 2.05) is 36.4 Å². The molecule has 0 atom stereocenters. The van der Waals surface area contributed by atoms with Crippen LogP contribution in [0, 0.1) is 0 Å². The number of ether oxygens (including phenoxy) is 2. The van der Waals surface area contributed by atoms with Gasteiger partial charge in [-0.05, 0) is 48.2 Å². The van der Waals surface area contributed by atoms with Gasteiger partial charge in [0.2, 0.25) is 5.91 Å². The number of carbonyl (C=O) groups excluding carboxylic acids is 1. The number of amides is 1. The van der Waals surface area contributed by atoms with Crippen molar-refractivity contribution in [3.63, 3.8) is 0 Å². The van der Waals surface area contributed by atoms with Crippen molar-refractivity contribution >= 4 is 17.5 Å². The van der Waals surface area contributed by atoms with E-state index in [-0.39, 0.29) is 5.91 Å². The first kappa shape index (κ1) is 16.7. The van der Waals surface area contributed by atoms with Crippen LogP contribution in [-0.4, -0.2) is 20.1 Å². The number of methoxy groups -OCH3 is 2. The standard InChI is InChI=1S/C19H20ClNO3/c1-23-16-9-13(10-17(11-16)24-2)12-21-18(22)19(7-8-19)14-3-5-15(20)6-4-14/h3-6,9-11H,7-8,12H2,1-2H3,(H,21,22). The molecule has 2 aromatic rings. The molecule has 1 N–H and O–H groups in total. The molecule has 0 spiro atoms. The number of hydrogen-bond acceptors (Lipinski definition) is 3. The van der Waals surface area contributed by atoms with Gasteiger partial charge in [0.05, 0.1) is 19.6 Å². The van der Waals surface area contributed by atoms with E-state index in [2.05, 4.69) is 5.32 Å². The average Bonchev–Trinajstić information content (AvgIpc) is 3.41. The van der Waals surface area contributed by atoms with Gasteiger partial charge in [-0.2, -0.15) is 0 Å². The molecular weight excluding hydrogens is 326 g/mol. The van der Waals surface area contributed by atoms with Crippen molar-refractivity contribution in [2.45, 2.75) is 24.8 Å². The number of halogens is 1. The van der Waals surface area contributed by atoms with Crippen LogP contribution < -0.4 is 14.8 Å². The van der Waals surface area contributed by atoms with Gasteiger partial charge in [-0.15, -0.1) is 0 Å². The molecular formula is C19H20ClNO3. The zero-order valence-electron chi connectivity index (χ0n) is 13.8. The molecule has 0 heterocycles. The first-order valence-corrected chi connectivity index (χ1v) is 8.21. The first-order chi connectivity index (χ1) is 11.6. The lowest BCUT2D eigenvalue weighted by Gasteiger charge is -2.16. The first-order valence-electron chi connectivity index (χ1n) is 7.84. The van der Waals surface area contributed by atoms with Crippen molar-refractivity contribution in [2.24, 2.45) is 0 Å². The third kappa shape index (κ3) is 3.34. The summed E-state index contributed by atoms with van der Waals surface area (Å²) in [5.74, 6) is 1.46. The van der Waals surface area contributed by atoms with E-state index in [1.165, 1.54) is 0 Å². The predicted octanol–water partition coefficient (Wildman–Crippen LogP) is 3.71. The van der Waals surface area contributed by atoms with Crippen LogP contribution in [0.5, 0.6) is 11.5 Å². The van der Waals surface area contributed by atoms with Crippen LogP contribution in [-0.2, 0) is 16.8 Å². The normalized spacial score (nSPS) is 14.8. The van der Waals surface area contributed by atoms with Crippen molar-refractivity contribution in [3.05, 3.63) is 58.6 Å². The molecule has 2 aromatic carbocycles. The summed E-state index contributed by atoms with van der Waals surface area (Å²) in [4.78, 5) is 12.7. The molecule has 24 heavy (non-hydrogen) atoms. The summed E-state index contributed by atoms with van der Waals surface area (Å²) in [5, 5.41) is 3.71. The van der Waals surface area contributed by atoms with Gasteiger partial charge in [-0.1, -0.05) is 23.7 Å². The molecule has 1 aliphatic rings. The molecule has 4 nitrogen and oxygen atoms in total. The van der Waals surface area contributed by atoms with E-state index in [0.29, 0.717) is 23.1 Å². The maximum Gasteiger partial charge on any atom is 0.230 e. The van der Waals surface area contributed by atoms with Gasteiger partial charge in [0, 0.05) is 17.6 Å². The van der Waals surface area contributed by atoms with E-state index in [0.717, 1.165) is 24.0 Å². The Morgan fingerprint density at radius 3 is 2.17 bits per heavy atom. The maximum absolute atomic E-state index is 12.7. The zero-order chi connectivity index (χ0) is 17.2.